The molecule has 296 valence electrons. The zero-order valence-electron chi connectivity index (χ0n) is 35.8. The van der Waals surface area contributed by atoms with Crippen LogP contribution in [0.1, 0.15) is 241 Å². The van der Waals surface area contributed by atoms with Crippen molar-refractivity contribution in [2.45, 2.75) is 241 Å². The van der Waals surface area contributed by atoms with Crippen LogP contribution in [-0.2, 0) is 4.74 Å². The van der Waals surface area contributed by atoms with Gasteiger partial charge in [0.05, 0.1) is 5.76 Å². The van der Waals surface area contributed by atoms with E-state index in [4.69, 9.17) is 4.74 Å². The fourth-order valence-electron chi connectivity index (χ4n) is 5.18. The first-order valence-electron chi connectivity index (χ1n) is 21.8. The first-order chi connectivity index (χ1) is 23.9. The summed E-state index contributed by atoms with van der Waals surface area (Å²) in [5, 5.41) is 0. The van der Waals surface area contributed by atoms with Gasteiger partial charge in [0.2, 0.25) is 0 Å². The molecule has 0 aliphatic rings. The maximum Gasteiger partial charge on any atom is 2.00 e. The van der Waals surface area contributed by atoms with Gasteiger partial charge in [-0.15, -0.1) is 6.42 Å². The normalized spacial score (nSPS) is 11.0. The minimum Gasteiger partial charge on any atom is -0.504 e. The molecule has 0 aromatic rings. The Morgan fingerprint density at radius 3 is 1.44 bits per heavy atom. The quantitative estimate of drug-likeness (QED) is 0.0276. The zero-order chi connectivity index (χ0) is 37.3. The third-order valence-corrected chi connectivity index (χ3v) is 8.83. The van der Waals surface area contributed by atoms with E-state index in [9.17, 15) is 0 Å². The van der Waals surface area contributed by atoms with Crippen LogP contribution in [0.15, 0.2) is 43.2 Å². The van der Waals surface area contributed by atoms with Crippen molar-refractivity contribution in [3.05, 3.63) is 56.2 Å². The van der Waals surface area contributed by atoms with Crippen molar-refractivity contribution >= 4 is 0 Å². The summed E-state index contributed by atoms with van der Waals surface area (Å²) in [6.45, 7) is 27.8. The van der Waals surface area contributed by atoms with Gasteiger partial charge in [-0.05, 0) is 25.2 Å². The first-order valence-corrected chi connectivity index (χ1v) is 21.8. The maximum absolute atomic E-state index is 5.72. The van der Waals surface area contributed by atoms with Gasteiger partial charge in [-0.1, -0.05) is 221 Å². The predicted octanol–water partition coefficient (Wildman–Crippen LogP) is 17.9. The van der Waals surface area contributed by atoms with E-state index in [2.05, 4.69) is 92.9 Å². The van der Waals surface area contributed by atoms with Gasteiger partial charge in [0.25, 0.3) is 0 Å². The summed E-state index contributed by atoms with van der Waals surface area (Å²) in [6, 6.07) is 0. The van der Waals surface area contributed by atoms with Crippen molar-refractivity contribution in [2.24, 2.45) is 5.92 Å². The van der Waals surface area contributed by atoms with E-state index in [1.807, 2.05) is 6.08 Å². The summed E-state index contributed by atoms with van der Waals surface area (Å²) in [4.78, 5) is 0. The van der Waals surface area contributed by atoms with Gasteiger partial charge in [-0.25, -0.2) is 19.1 Å². The predicted molar refractivity (Wildman–Crippen MR) is 229 cm³/mol. The minimum atomic E-state index is 0. The van der Waals surface area contributed by atoms with E-state index in [1.54, 1.807) is 0 Å². The van der Waals surface area contributed by atoms with Crippen molar-refractivity contribution < 1.29 is 35.9 Å². The van der Waals surface area contributed by atoms with E-state index in [1.165, 1.54) is 180 Å². The van der Waals surface area contributed by atoms with Crippen molar-refractivity contribution in [2.75, 3.05) is 6.61 Å². The molecule has 1 nitrogen and oxygen atoms in total. The summed E-state index contributed by atoms with van der Waals surface area (Å²) < 4.78 is 5.72. The van der Waals surface area contributed by atoms with Gasteiger partial charge >= 0.3 is 31.1 Å². The third kappa shape index (κ3) is 69.4. The number of unbranched alkanes of at least 4 members (excludes halogenated alkanes) is 21. The Bertz CT molecular complexity index is 616. The minimum absolute atomic E-state index is 0. The average Bonchev–Trinajstić information content (AvgIpc) is 3.11. The Hall–Kier alpha value is -0.318. The van der Waals surface area contributed by atoms with E-state index in [-0.39, 0.29) is 31.1 Å². The number of hydrogen-bond donors (Lipinski definition) is 0. The number of ether oxygens (including phenoxy) is 1. The second-order valence-corrected chi connectivity index (χ2v) is 14.2. The van der Waals surface area contributed by atoms with Gasteiger partial charge < -0.3 is 10.8 Å². The fraction of sp³-hybridized carbons (Fsp3) is 0.812. The molecule has 0 fully saturated rings. The van der Waals surface area contributed by atoms with Crippen LogP contribution in [0.25, 0.3) is 0 Å². The third-order valence-electron chi connectivity index (χ3n) is 8.83. The molecule has 2 heteroatoms. The van der Waals surface area contributed by atoms with Crippen molar-refractivity contribution in [1.29, 1.82) is 0 Å². The summed E-state index contributed by atoms with van der Waals surface area (Å²) in [5.74, 6) is 1.86. The molecule has 0 saturated heterocycles. The molecule has 0 spiro atoms. The van der Waals surface area contributed by atoms with Crippen molar-refractivity contribution in [3.8, 4) is 0 Å². The number of rotatable bonds is 33. The second-order valence-electron chi connectivity index (χ2n) is 14.2. The molecule has 0 aromatic carbocycles. The van der Waals surface area contributed by atoms with Crippen molar-refractivity contribution in [3.63, 3.8) is 0 Å². The molecule has 0 radical (unpaired) electrons. The summed E-state index contributed by atoms with van der Waals surface area (Å²) in [7, 11) is 0. The van der Waals surface area contributed by atoms with Crippen LogP contribution in [0.2, 0.25) is 0 Å². The molecule has 0 rings (SSSR count). The maximum atomic E-state index is 5.72. The van der Waals surface area contributed by atoms with Crippen LogP contribution in [-0.4, -0.2) is 6.61 Å². The molecule has 1 unspecified atom stereocenters. The second kappa shape index (κ2) is 60.8. The van der Waals surface area contributed by atoms with Crippen molar-refractivity contribution in [1.82, 2.24) is 0 Å². The number of hydrogen-bond acceptors (Lipinski definition) is 1. The molecule has 0 aromatic heterocycles. The Morgan fingerprint density at radius 1 is 0.560 bits per heavy atom. The molecular weight excluding hydrogens is 831 g/mol. The Kier molecular flexibility index (Phi) is 71.7. The Labute approximate surface area is 343 Å². The van der Waals surface area contributed by atoms with Crippen LogP contribution in [0.4, 0.5) is 0 Å². The summed E-state index contributed by atoms with van der Waals surface area (Å²) >= 11 is 0. The van der Waals surface area contributed by atoms with Gasteiger partial charge in [0.1, 0.15) is 6.61 Å². The largest absolute Gasteiger partial charge is 2.00 e. The van der Waals surface area contributed by atoms with Crippen LogP contribution in [0.5, 0.6) is 0 Å². The van der Waals surface area contributed by atoms with E-state index in [0.29, 0.717) is 6.61 Å². The van der Waals surface area contributed by atoms with E-state index < -0.39 is 0 Å². The Morgan fingerprint density at radius 2 is 0.980 bits per heavy atom. The fourth-order valence-corrected chi connectivity index (χ4v) is 5.18. The molecule has 0 aliphatic heterocycles. The molecule has 50 heavy (non-hydrogen) atoms. The topological polar surface area (TPSA) is 9.23 Å². The van der Waals surface area contributed by atoms with Crippen LogP contribution in [0, 0.1) is 50.0 Å². The van der Waals surface area contributed by atoms with E-state index >= 15 is 0 Å². The smallest absolute Gasteiger partial charge is 0.504 e. The molecule has 0 N–H and O–H groups in total. The van der Waals surface area contributed by atoms with Crippen LogP contribution in [0.3, 0.4) is 0 Å². The summed E-state index contributed by atoms with van der Waals surface area (Å²) in [5.41, 5.74) is 0. The van der Waals surface area contributed by atoms with Gasteiger partial charge in [-0.3, -0.25) is 6.58 Å². The molecule has 0 heterocycles. The zero-order valence-corrected chi connectivity index (χ0v) is 40.0. The number of allylic oxidation sites excluding steroid dienone is 5. The molecule has 0 aliphatic carbocycles. The molecule has 0 saturated carbocycles. The molecular formula is C48H94OU. The summed E-state index contributed by atoms with van der Waals surface area (Å²) in [6.07, 6.45) is 51.1. The SMILES string of the molecule is C=[C-]CCCCCCCC(C)CCCCCCCC(=C)OC/C=C\CCCCCC.CCCC.CCCCCC.[CH2-]/C=C\CCCCCC.[U+2]. The van der Waals surface area contributed by atoms with Gasteiger partial charge in [0, 0.05) is 6.42 Å². The standard InChI is InChI=1S/C29H53O.C9H17.C6H14.C4H10.U/c1-5-7-9-11-13-16-20-24-28(3)25-21-17-15-18-22-26-29(4)30-27-23-19-14-12-10-8-6-2;1-3-5-7-9-8-6-4-2;1-3-5-6-4-2;1-3-4-2;/h19,23,28H,1,4,6-18,20-22,24-27H2,2-3H3;3,5H,1,4,6-9H2,2H3;3-6H2,1-2H3;3-4H2,1-2H3;/q2*-1;;;+2/b23-19-;5-3-;;;. The van der Waals surface area contributed by atoms with E-state index in [0.717, 1.165) is 24.5 Å². The van der Waals surface area contributed by atoms with Gasteiger partial charge in [-0.2, -0.15) is 6.42 Å². The average molecular weight is 925 g/mol. The molecule has 1 atom stereocenters. The van der Waals surface area contributed by atoms with Crippen LogP contribution >= 0.6 is 0 Å². The van der Waals surface area contributed by atoms with Crippen LogP contribution < -0.4 is 0 Å². The Balaban J connectivity index is -0.000000274. The molecule has 0 amide bonds. The van der Waals surface area contributed by atoms with Gasteiger partial charge in [0.15, 0.2) is 0 Å². The molecule has 0 bridgehead atoms. The first kappa shape index (κ1) is 59.0. The monoisotopic (exact) mass is 925 g/mol.